The molecule has 4 nitrogen and oxygen atoms in total. The smallest absolute Gasteiger partial charge is 0.308 e. The molecular formula is C11H12Cl2O4. The second kappa shape index (κ2) is 7.14. The number of hydrogen-bond donors (Lipinski definition) is 2. The first-order valence-corrected chi connectivity index (χ1v) is 5.09. The molecule has 1 aromatic carbocycles. The Balaban J connectivity index is 0.00000256. The van der Waals surface area contributed by atoms with Gasteiger partial charge in [-0.25, -0.2) is 0 Å². The number of carbonyl (C=O) groups is 2. The summed E-state index contributed by atoms with van der Waals surface area (Å²) in [5, 5.41) is 16.7. The van der Waals surface area contributed by atoms with Crippen molar-refractivity contribution >= 4 is 35.9 Å². The summed E-state index contributed by atoms with van der Waals surface area (Å²) in [5.74, 6) is -3.50. The highest BCUT2D eigenvalue weighted by Gasteiger charge is 2.29. The predicted octanol–water partition coefficient (Wildman–Crippen LogP) is 2.56. The molecule has 0 saturated heterocycles. The van der Waals surface area contributed by atoms with Gasteiger partial charge >= 0.3 is 11.9 Å². The van der Waals surface area contributed by atoms with Gasteiger partial charge in [-0.1, -0.05) is 30.3 Å². The van der Waals surface area contributed by atoms with Crippen LogP contribution in [0.3, 0.4) is 0 Å². The zero-order chi connectivity index (χ0) is 12.1. The highest BCUT2D eigenvalue weighted by Crippen LogP contribution is 2.31. The monoisotopic (exact) mass is 278 g/mol. The Morgan fingerprint density at radius 1 is 1.18 bits per heavy atom. The molecule has 2 unspecified atom stereocenters. The van der Waals surface area contributed by atoms with Crippen molar-refractivity contribution in [3.63, 3.8) is 0 Å². The van der Waals surface area contributed by atoms with Crippen molar-refractivity contribution in [1.82, 2.24) is 0 Å². The fourth-order valence-corrected chi connectivity index (χ4v) is 1.72. The molecule has 0 amide bonds. The van der Waals surface area contributed by atoms with E-state index in [1.54, 1.807) is 30.3 Å². The largest absolute Gasteiger partial charge is 0.481 e. The third-order valence-corrected chi connectivity index (χ3v) is 2.74. The van der Waals surface area contributed by atoms with E-state index < -0.39 is 29.7 Å². The molecule has 0 bridgehead atoms. The Kier molecular flexibility index (Phi) is 6.61. The van der Waals surface area contributed by atoms with Crippen LogP contribution in [0.15, 0.2) is 30.3 Å². The summed E-state index contributed by atoms with van der Waals surface area (Å²) >= 11 is 5.97. The zero-order valence-corrected chi connectivity index (χ0v) is 10.3. The van der Waals surface area contributed by atoms with Gasteiger partial charge in [0.1, 0.15) is 0 Å². The van der Waals surface area contributed by atoms with E-state index >= 15 is 0 Å². The number of aliphatic carboxylic acids is 2. The van der Waals surface area contributed by atoms with Gasteiger partial charge < -0.3 is 10.2 Å². The van der Waals surface area contributed by atoms with E-state index in [1.165, 1.54) is 0 Å². The second-order valence-corrected chi connectivity index (χ2v) is 3.83. The molecule has 0 spiro atoms. The predicted molar refractivity (Wildman–Crippen MR) is 65.7 cm³/mol. The molecule has 0 aliphatic carbocycles. The highest BCUT2D eigenvalue weighted by molar-refractivity contribution is 6.22. The molecule has 0 aromatic heterocycles. The zero-order valence-electron chi connectivity index (χ0n) is 8.75. The van der Waals surface area contributed by atoms with Crippen LogP contribution < -0.4 is 0 Å². The minimum absolute atomic E-state index is 0. The van der Waals surface area contributed by atoms with E-state index in [1.807, 2.05) is 0 Å². The van der Waals surface area contributed by atoms with Gasteiger partial charge in [0.15, 0.2) is 0 Å². The number of benzene rings is 1. The summed E-state index contributed by atoms with van der Waals surface area (Å²) in [7, 11) is 0. The molecule has 0 heterocycles. The van der Waals surface area contributed by atoms with Gasteiger partial charge in [0.2, 0.25) is 0 Å². The lowest BCUT2D eigenvalue weighted by atomic mass is 9.96. The number of halogens is 2. The number of carboxylic acids is 2. The van der Waals surface area contributed by atoms with Crippen LogP contribution >= 0.6 is 24.0 Å². The fourth-order valence-electron chi connectivity index (χ4n) is 1.37. The quantitative estimate of drug-likeness (QED) is 0.812. The van der Waals surface area contributed by atoms with Crippen LogP contribution in [0.25, 0.3) is 0 Å². The average Bonchev–Trinajstić information content (AvgIpc) is 2.25. The van der Waals surface area contributed by atoms with E-state index in [2.05, 4.69) is 0 Å². The van der Waals surface area contributed by atoms with Crippen molar-refractivity contribution in [2.45, 2.75) is 11.8 Å². The van der Waals surface area contributed by atoms with Gasteiger partial charge in [-0.2, -0.15) is 0 Å². The van der Waals surface area contributed by atoms with Crippen LogP contribution in [0.2, 0.25) is 0 Å². The van der Waals surface area contributed by atoms with Crippen LogP contribution in [0, 0.1) is 5.92 Å². The minimum atomic E-state index is -1.20. The molecule has 2 N–H and O–H groups in total. The molecule has 94 valence electrons. The van der Waals surface area contributed by atoms with Crippen LogP contribution in [-0.4, -0.2) is 22.2 Å². The number of rotatable bonds is 5. The first kappa shape index (κ1) is 15.7. The molecule has 1 aromatic rings. The summed E-state index contributed by atoms with van der Waals surface area (Å²) in [6, 6.07) is 8.58. The third kappa shape index (κ3) is 4.63. The minimum Gasteiger partial charge on any atom is -0.481 e. The van der Waals surface area contributed by atoms with E-state index in [0.717, 1.165) is 0 Å². The maximum atomic E-state index is 10.9. The lowest BCUT2D eigenvalue weighted by molar-refractivity contribution is -0.148. The van der Waals surface area contributed by atoms with E-state index in [4.69, 9.17) is 21.8 Å². The van der Waals surface area contributed by atoms with Crippen molar-refractivity contribution in [3.05, 3.63) is 35.9 Å². The Bertz CT molecular complexity index is 380. The maximum absolute atomic E-state index is 10.9. The first-order valence-electron chi connectivity index (χ1n) is 4.66. The molecule has 0 aliphatic heterocycles. The molecule has 0 aliphatic rings. The van der Waals surface area contributed by atoms with Crippen molar-refractivity contribution in [2.75, 3.05) is 0 Å². The molecule has 1 rings (SSSR count). The maximum Gasteiger partial charge on any atom is 0.308 e. The van der Waals surface area contributed by atoms with Gasteiger partial charge in [0.25, 0.3) is 0 Å². The van der Waals surface area contributed by atoms with Crippen molar-refractivity contribution in [1.29, 1.82) is 0 Å². The second-order valence-electron chi connectivity index (χ2n) is 3.36. The SMILES string of the molecule is Cl.O=C(O)CC(C(=O)O)C(Cl)c1ccccc1. The first-order chi connectivity index (χ1) is 7.52. The Labute approximate surface area is 110 Å². The summed E-state index contributed by atoms with van der Waals surface area (Å²) in [5.41, 5.74) is 0.609. The van der Waals surface area contributed by atoms with E-state index in [0.29, 0.717) is 5.56 Å². The average molecular weight is 279 g/mol. The number of carboxylic acid groups (broad SMARTS) is 2. The standard InChI is InChI=1S/C11H11ClO4.ClH/c12-10(7-4-2-1-3-5-7)8(11(15)16)6-9(13)14;/h1-5,8,10H,6H2,(H,13,14)(H,15,16);1H. The van der Waals surface area contributed by atoms with Gasteiger partial charge in [-0.3, -0.25) is 9.59 Å². The van der Waals surface area contributed by atoms with E-state index in [-0.39, 0.29) is 12.4 Å². The molecular weight excluding hydrogens is 267 g/mol. The van der Waals surface area contributed by atoms with Gasteiger partial charge in [-0.15, -0.1) is 24.0 Å². The van der Waals surface area contributed by atoms with Crippen LogP contribution in [0.5, 0.6) is 0 Å². The van der Waals surface area contributed by atoms with Crippen LogP contribution in [-0.2, 0) is 9.59 Å². The van der Waals surface area contributed by atoms with E-state index in [9.17, 15) is 9.59 Å². The normalized spacial score (nSPS) is 13.2. The van der Waals surface area contributed by atoms with Gasteiger partial charge in [0.05, 0.1) is 17.7 Å². The van der Waals surface area contributed by atoms with Crippen LogP contribution in [0.1, 0.15) is 17.4 Å². The van der Waals surface area contributed by atoms with Crippen molar-refractivity contribution in [3.8, 4) is 0 Å². The lowest BCUT2D eigenvalue weighted by Crippen LogP contribution is -2.22. The van der Waals surface area contributed by atoms with Gasteiger partial charge in [0, 0.05) is 0 Å². The molecule has 0 fully saturated rings. The molecule has 0 saturated carbocycles. The Morgan fingerprint density at radius 2 is 1.71 bits per heavy atom. The summed E-state index contributed by atoms with van der Waals surface area (Å²) in [6.07, 6.45) is -0.488. The topological polar surface area (TPSA) is 74.6 Å². The van der Waals surface area contributed by atoms with Crippen molar-refractivity contribution in [2.24, 2.45) is 5.92 Å². The van der Waals surface area contributed by atoms with Crippen molar-refractivity contribution < 1.29 is 19.8 Å². The number of alkyl halides is 1. The molecule has 2 atom stereocenters. The highest BCUT2D eigenvalue weighted by atomic mass is 35.5. The molecule has 0 radical (unpaired) electrons. The number of hydrogen-bond acceptors (Lipinski definition) is 2. The Hall–Kier alpha value is -1.26. The van der Waals surface area contributed by atoms with Gasteiger partial charge in [-0.05, 0) is 5.56 Å². The summed E-state index contributed by atoms with van der Waals surface area (Å²) < 4.78 is 0. The summed E-state index contributed by atoms with van der Waals surface area (Å²) in [4.78, 5) is 21.4. The lowest BCUT2D eigenvalue weighted by Gasteiger charge is -2.16. The third-order valence-electron chi connectivity index (χ3n) is 2.18. The van der Waals surface area contributed by atoms with Crippen LogP contribution in [0.4, 0.5) is 0 Å². The Morgan fingerprint density at radius 3 is 2.12 bits per heavy atom. The molecule has 17 heavy (non-hydrogen) atoms. The fraction of sp³-hybridized carbons (Fsp3) is 0.273. The summed E-state index contributed by atoms with van der Waals surface area (Å²) in [6.45, 7) is 0. The molecule has 6 heteroatoms.